The van der Waals surface area contributed by atoms with Crippen molar-refractivity contribution in [3.63, 3.8) is 0 Å². The van der Waals surface area contributed by atoms with Gasteiger partial charge in [-0.3, -0.25) is 38.3 Å². The Balaban J connectivity index is 1.33. The SMILES string of the molecule is CN(C(=O)NC(C(=O)NC1C(=O)N2C(C(=O)O)=C(CSc3n[nH]c(=O)c(=O)n3C)CS[C@@H]12)c1ccc(O)cc1)C(=O)c1ccccc1Cl. The van der Waals surface area contributed by atoms with Crippen LogP contribution in [0, 0.1) is 0 Å². The Morgan fingerprint density at radius 3 is 2.50 bits per heavy atom. The average molecular weight is 716 g/mol. The Kier molecular flexibility index (Phi) is 9.97. The number of nitrogens with one attached hydrogen (secondary N) is 3. The summed E-state index contributed by atoms with van der Waals surface area (Å²) in [5.41, 5.74) is -1.40. The number of amides is 5. The van der Waals surface area contributed by atoms with Gasteiger partial charge in [-0.25, -0.2) is 14.7 Å². The fourth-order valence-electron chi connectivity index (χ4n) is 4.87. The zero-order valence-corrected chi connectivity index (χ0v) is 27.4. The maximum atomic E-state index is 13.6. The number of phenolic OH excluding ortho intramolecular Hbond substituents is 1. The van der Waals surface area contributed by atoms with Crippen molar-refractivity contribution in [1.82, 2.24) is 35.2 Å². The standard InChI is InChI=1S/C29H26ClN7O9S2/c1-35(23(41)16-5-3-4-6-17(16)30)28(46)32-18(13-7-9-15(38)10-8-13)21(39)31-19-24(42)37-20(27(44)45)14(11-47-26(19)37)12-48-29-34-33-22(40)25(43)36(29)2/h3-10,18-19,26,38H,11-12H2,1-2H3,(H,31,39)(H,32,46)(H,33,40)(H,44,45)/t18?,19?,26-/m0/s1. The first-order valence-corrected chi connectivity index (χ1v) is 16.3. The third-order valence-electron chi connectivity index (χ3n) is 7.43. The van der Waals surface area contributed by atoms with Gasteiger partial charge in [-0.15, -0.1) is 16.9 Å². The van der Waals surface area contributed by atoms with Crippen molar-refractivity contribution in [2.75, 3.05) is 18.6 Å². The van der Waals surface area contributed by atoms with E-state index >= 15 is 0 Å². The van der Waals surface area contributed by atoms with Crippen LogP contribution < -0.4 is 21.8 Å². The molecule has 1 fully saturated rings. The summed E-state index contributed by atoms with van der Waals surface area (Å²) >= 11 is 8.30. The molecule has 0 aliphatic carbocycles. The molecular weight excluding hydrogens is 690 g/mol. The number of carboxylic acid groups (broad SMARTS) is 1. The van der Waals surface area contributed by atoms with Gasteiger partial charge in [0.1, 0.15) is 28.9 Å². The Labute approximate surface area is 284 Å². The number of benzene rings is 2. The van der Waals surface area contributed by atoms with Gasteiger partial charge in [-0.2, -0.15) is 0 Å². The molecule has 0 bridgehead atoms. The number of thioether (sulfide) groups is 2. The molecule has 5 N–H and O–H groups in total. The average Bonchev–Trinajstić information content (AvgIpc) is 3.07. The van der Waals surface area contributed by atoms with Gasteiger partial charge < -0.3 is 20.8 Å². The minimum Gasteiger partial charge on any atom is -0.508 e. The zero-order chi connectivity index (χ0) is 34.9. The molecular formula is C29H26ClN7O9S2. The van der Waals surface area contributed by atoms with Gasteiger partial charge in [0.2, 0.25) is 5.91 Å². The molecule has 3 aromatic rings. The van der Waals surface area contributed by atoms with Crippen LogP contribution in [0.4, 0.5) is 4.79 Å². The molecule has 250 valence electrons. The molecule has 0 saturated carbocycles. The summed E-state index contributed by atoms with van der Waals surface area (Å²) in [6.45, 7) is 0. The number of imide groups is 1. The predicted molar refractivity (Wildman–Crippen MR) is 173 cm³/mol. The molecule has 3 heterocycles. The lowest BCUT2D eigenvalue weighted by Gasteiger charge is -2.49. The summed E-state index contributed by atoms with van der Waals surface area (Å²) < 4.78 is 1.03. The van der Waals surface area contributed by atoms with E-state index in [4.69, 9.17) is 11.6 Å². The lowest BCUT2D eigenvalue weighted by molar-refractivity contribution is -0.151. The molecule has 16 nitrogen and oxygen atoms in total. The first kappa shape index (κ1) is 34.3. The number of aromatic nitrogens is 3. The maximum absolute atomic E-state index is 13.6. The normalized spacial score (nSPS) is 17.6. The van der Waals surface area contributed by atoms with Gasteiger partial charge >= 0.3 is 23.1 Å². The Morgan fingerprint density at radius 1 is 1.15 bits per heavy atom. The molecule has 48 heavy (non-hydrogen) atoms. The first-order chi connectivity index (χ1) is 22.8. The second kappa shape index (κ2) is 14.0. The molecule has 0 radical (unpaired) electrons. The summed E-state index contributed by atoms with van der Waals surface area (Å²) in [5, 5.41) is 30.2. The quantitative estimate of drug-likeness (QED) is 0.118. The van der Waals surface area contributed by atoms with Gasteiger partial charge in [0.05, 0.1) is 10.6 Å². The number of fused-ring (bicyclic) bond motifs is 1. The number of hydrogen-bond acceptors (Lipinski definition) is 11. The van der Waals surface area contributed by atoms with Gasteiger partial charge in [-0.05, 0) is 35.4 Å². The van der Waals surface area contributed by atoms with Crippen molar-refractivity contribution < 1.29 is 34.2 Å². The number of aromatic amines is 1. The van der Waals surface area contributed by atoms with E-state index in [0.717, 1.165) is 26.1 Å². The Morgan fingerprint density at radius 2 is 1.83 bits per heavy atom. The van der Waals surface area contributed by atoms with Crippen LogP contribution >= 0.6 is 35.1 Å². The van der Waals surface area contributed by atoms with Gasteiger partial charge in [0.25, 0.3) is 11.8 Å². The number of β-lactam (4-membered cyclic amide) rings is 1. The molecule has 2 aliphatic heterocycles. The molecule has 2 aliphatic rings. The molecule has 5 rings (SSSR count). The summed E-state index contributed by atoms with van der Waals surface area (Å²) in [6.07, 6.45) is 0. The smallest absolute Gasteiger partial charge is 0.352 e. The molecule has 1 aromatic heterocycles. The molecule has 5 amide bonds. The van der Waals surface area contributed by atoms with E-state index in [1.807, 2.05) is 0 Å². The number of rotatable bonds is 9. The van der Waals surface area contributed by atoms with Crippen LogP contribution in [0.25, 0.3) is 0 Å². The van der Waals surface area contributed by atoms with Crippen molar-refractivity contribution in [3.05, 3.63) is 96.7 Å². The highest BCUT2D eigenvalue weighted by Crippen LogP contribution is 2.41. The van der Waals surface area contributed by atoms with E-state index in [2.05, 4.69) is 20.8 Å². The fourth-order valence-corrected chi connectivity index (χ4v) is 7.49. The van der Waals surface area contributed by atoms with E-state index in [9.17, 15) is 43.8 Å². The maximum Gasteiger partial charge on any atom is 0.352 e. The largest absolute Gasteiger partial charge is 0.508 e. The molecule has 0 spiro atoms. The van der Waals surface area contributed by atoms with Crippen molar-refractivity contribution in [1.29, 1.82) is 0 Å². The van der Waals surface area contributed by atoms with E-state index < -0.39 is 58.3 Å². The lowest BCUT2D eigenvalue weighted by atomic mass is 10.0. The number of halogens is 1. The number of hydrogen-bond donors (Lipinski definition) is 5. The lowest BCUT2D eigenvalue weighted by Crippen LogP contribution is -2.71. The van der Waals surface area contributed by atoms with Crippen LogP contribution in [0.2, 0.25) is 5.02 Å². The number of carbonyl (C=O) groups excluding carboxylic acids is 4. The molecule has 19 heteroatoms. The van der Waals surface area contributed by atoms with E-state index in [1.54, 1.807) is 12.1 Å². The number of carboxylic acids is 1. The van der Waals surface area contributed by atoms with Gasteiger partial charge in [-0.1, -0.05) is 47.6 Å². The third-order valence-corrected chi connectivity index (χ3v) is 10.2. The number of nitrogens with zero attached hydrogens (tertiary/aromatic N) is 4. The molecule has 3 atom stereocenters. The first-order valence-electron chi connectivity index (χ1n) is 13.9. The molecule has 2 unspecified atom stereocenters. The number of aliphatic carboxylic acids is 1. The van der Waals surface area contributed by atoms with E-state index in [1.165, 1.54) is 62.3 Å². The summed E-state index contributed by atoms with van der Waals surface area (Å²) in [4.78, 5) is 90.7. The van der Waals surface area contributed by atoms with E-state index in [0.29, 0.717) is 5.57 Å². The van der Waals surface area contributed by atoms with Crippen LogP contribution in [0.1, 0.15) is 22.0 Å². The zero-order valence-electron chi connectivity index (χ0n) is 25.0. The summed E-state index contributed by atoms with van der Waals surface area (Å²) in [6, 6.07) is 7.87. The number of H-pyrrole nitrogens is 1. The number of aromatic hydroxyl groups is 1. The van der Waals surface area contributed by atoms with Gasteiger partial charge in [0, 0.05) is 25.6 Å². The Bertz CT molecular complexity index is 1980. The van der Waals surface area contributed by atoms with Crippen molar-refractivity contribution in [3.8, 4) is 5.75 Å². The number of urea groups is 1. The monoisotopic (exact) mass is 715 g/mol. The fraction of sp³-hybridized carbons (Fsp3) is 0.241. The van der Waals surface area contributed by atoms with Crippen LogP contribution in [-0.4, -0.2) is 94.5 Å². The van der Waals surface area contributed by atoms with Crippen molar-refractivity contribution in [2.24, 2.45) is 7.05 Å². The van der Waals surface area contributed by atoms with Crippen LogP contribution in [0.3, 0.4) is 0 Å². The highest BCUT2D eigenvalue weighted by Gasteiger charge is 2.54. The van der Waals surface area contributed by atoms with Crippen molar-refractivity contribution >= 4 is 64.8 Å². The number of phenols is 1. The van der Waals surface area contributed by atoms with Crippen LogP contribution in [-0.2, 0) is 21.4 Å². The van der Waals surface area contributed by atoms with Gasteiger partial charge in [0.15, 0.2) is 5.16 Å². The van der Waals surface area contributed by atoms with Crippen LogP contribution in [0.5, 0.6) is 5.75 Å². The third kappa shape index (κ3) is 6.67. The second-order valence-electron chi connectivity index (χ2n) is 10.5. The summed E-state index contributed by atoms with van der Waals surface area (Å²) in [7, 11) is 2.54. The minimum atomic E-state index is -1.44. The Hall–Kier alpha value is -5.07. The van der Waals surface area contributed by atoms with Crippen LogP contribution in [0.15, 0.2) is 74.5 Å². The highest BCUT2D eigenvalue weighted by atomic mass is 35.5. The highest BCUT2D eigenvalue weighted by molar-refractivity contribution is 8.01. The van der Waals surface area contributed by atoms with Crippen molar-refractivity contribution in [2.45, 2.75) is 22.6 Å². The predicted octanol–water partition coefficient (Wildman–Crippen LogP) is 0.881. The minimum absolute atomic E-state index is 0.0316. The topological polar surface area (TPSA) is 224 Å². The molecule has 1 saturated heterocycles. The molecule has 2 aromatic carbocycles. The second-order valence-corrected chi connectivity index (χ2v) is 12.9. The van der Waals surface area contributed by atoms with E-state index in [-0.39, 0.29) is 44.3 Å². The number of carbonyl (C=O) groups is 5. The summed E-state index contributed by atoms with van der Waals surface area (Å²) in [5.74, 6) is -3.59.